The van der Waals surface area contributed by atoms with Crippen LogP contribution in [0.5, 0.6) is 5.75 Å². The predicted octanol–water partition coefficient (Wildman–Crippen LogP) is 6.00. The molecule has 2 aliphatic heterocycles. The molecule has 4 heterocycles. The van der Waals surface area contributed by atoms with Gasteiger partial charge in [-0.2, -0.15) is 0 Å². The molecule has 4 aromatic rings. The number of hydrogen-bond donors (Lipinski definition) is 0. The number of anilines is 1. The second-order valence-electron chi connectivity index (χ2n) is 9.53. The fourth-order valence-corrected chi connectivity index (χ4v) is 6.81. The summed E-state index contributed by atoms with van der Waals surface area (Å²) in [5.41, 5.74) is 3.80. The van der Waals surface area contributed by atoms with E-state index in [0.717, 1.165) is 22.9 Å². The van der Waals surface area contributed by atoms with Crippen LogP contribution in [0.15, 0.2) is 66.3 Å². The van der Waals surface area contributed by atoms with E-state index in [0.29, 0.717) is 18.1 Å². The third-order valence-corrected chi connectivity index (χ3v) is 8.59. The van der Waals surface area contributed by atoms with Gasteiger partial charge in [-0.1, -0.05) is 42.5 Å². The van der Waals surface area contributed by atoms with E-state index < -0.39 is 0 Å². The van der Waals surface area contributed by atoms with Gasteiger partial charge in [0, 0.05) is 42.7 Å². The van der Waals surface area contributed by atoms with Gasteiger partial charge in [0.15, 0.2) is 0 Å². The van der Waals surface area contributed by atoms with Crippen molar-refractivity contribution in [2.75, 3.05) is 19.1 Å². The van der Waals surface area contributed by atoms with E-state index in [1.165, 1.54) is 47.8 Å². The Morgan fingerprint density at radius 2 is 1.74 bits per heavy atom. The maximum absolute atomic E-state index is 5.35. The molecule has 0 aliphatic carbocycles. The maximum atomic E-state index is 5.35. The third kappa shape index (κ3) is 3.85. The zero-order valence-electron chi connectivity index (χ0n) is 19.7. The Morgan fingerprint density at radius 1 is 1.00 bits per heavy atom. The van der Waals surface area contributed by atoms with Gasteiger partial charge in [-0.05, 0) is 48.9 Å². The monoisotopic (exact) mass is 470 g/mol. The van der Waals surface area contributed by atoms with Crippen LogP contribution in [0, 0.1) is 0 Å². The van der Waals surface area contributed by atoms with Gasteiger partial charge >= 0.3 is 0 Å². The summed E-state index contributed by atoms with van der Waals surface area (Å²) in [7, 11) is 3.93. The minimum atomic E-state index is 0.492. The standard InChI is InChI=1S/C28H30N4OS/c1-31(23-14-21-10-11-22(15-23)32(21)16-19-6-4-3-5-7-19)27-26-25(17-34-28(26)30-18-29-27)20-8-12-24(33-2)13-9-20/h3-9,12-13,17-18,21-23H,10-11,14-16H2,1-2H3. The van der Waals surface area contributed by atoms with Crippen molar-refractivity contribution in [2.45, 2.75) is 50.4 Å². The summed E-state index contributed by atoms with van der Waals surface area (Å²) in [5, 5.41) is 3.38. The number of methoxy groups -OCH3 is 1. The van der Waals surface area contributed by atoms with Gasteiger partial charge in [0.25, 0.3) is 0 Å². The molecular formula is C28H30N4OS. The molecule has 2 unspecified atom stereocenters. The average Bonchev–Trinajstić information content (AvgIpc) is 3.41. The van der Waals surface area contributed by atoms with Crippen LogP contribution < -0.4 is 9.64 Å². The smallest absolute Gasteiger partial charge is 0.141 e. The highest BCUT2D eigenvalue weighted by Crippen LogP contribution is 2.42. The highest BCUT2D eigenvalue weighted by Gasteiger charge is 2.42. The van der Waals surface area contributed by atoms with Crippen LogP contribution in [0.25, 0.3) is 21.3 Å². The zero-order chi connectivity index (χ0) is 23.1. The van der Waals surface area contributed by atoms with Crippen LogP contribution in [0.1, 0.15) is 31.2 Å². The molecule has 5 nitrogen and oxygen atoms in total. The number of aromatic nitrogens is 2. The first kappa shape index (κ1) is 21.6. The number of benzene rings is 2. The molecule has 2 bridgehead atoms. The first-order valence-electron chi connectivity index (χ1n) is 12.1. The predicted molar refractivity (Wildman–Crippen MR) is 140 cm³/mol. The number of nitrogens with zero attached hydrogens (tertiary/aromatic N) is 4. The van der Waals surface area contributed by atoms with Crippen LogP contribution in [0.4, 0.5) is 5.82 Å². The van der Waals surface area contributed by atoms with Gasteiger partial charge in [-0.3, -0.25) is 4.90 Å². The molecule has 174 valence electrons. The summed E-state index contributed by atoms with van der Waals surface area (Å²) in [6.07, 6.45) is 6.70. The fraction of sp³-hybridized carbons (Fsp3) is 0.357. The first-order valence-corrected chi connectivity index (χ1v) is 13.0. The van der Waals surface area contributed by atoms with Crippen LogP contribution in [0.2, 0.25) is 0 Å². The Balaban J connectivity index is 1.27. The lowest BCUT2D eigenvalue weighted by Gasteiger charge is -2.42. The molecule has 34 heavy (non-hydrogen) atoms. The van der Waals surface area contributed by atoms with Gasteiger partial charge in [0.1, 0.15) is 22.7 Å². The van der Waals surface area contributed by atoms with Gasteiger partial charge in [-0.25, -0.2) is 9.97 Å². The molecule has 6 rings (SSSR count). The normalized spacial score (nSPS) is 22.2. The van der Waals surface area contributed by atoms with E-state index >= 15 is 0 Å². The Labute approximate surface area is 205 Å². The van der Waals surface area contributed by atoms with Crippen molar-refractivity contribution in [3.8, 4) is 16.9 Å². The summed E-state index contributed by atoms with van der Waals surface area (Å²) in [6, 6.07) is 21.0. The average molecular weight is 471 g/mol. The first-order chi connectivity index (χ1) is 16.7. The second-order valence-corrected chi connectivity index (χ2v) is 10.4. The van der Waals surface area contributed by atoms with Crippen LogP contribution in [-0.4, -0.2) is 47.2 Å². The molecule has 6 heteroatoms. The lowest BCUT2D eigenvalue weighted by Crippen LogP contribution is -2.49. The molecular weight excluding hydrogens is 440 g/mol. The van der Waals surface area contributed by atoms with Crippen molar-refractivity contribution in [2.24, 2.45) is 0 Å². The molecule has 2 aromatic carbocycles. The molecule has 0 radical (unpaired) electrons. The molecule has 2 aliphatic rings. The number of thiophene rings is 1. The number of ether oxygens (including phenoxy) is 1. The summed E-state index contributed by atoms with van der Waals surface area (Å²) in [6.45, 7) is 1.07. The topological polar surface area (TPSA) is 41.5 Å². The molecule has 0 amide bonds. The lowest BCUT2D eigenvalue weighted by molar-refractivity contribution is 0.118. The van der Waals surface area contributed by atoms with Crippen molar-refractivity contribution in [1.29, 1.82) is 0 Å². The Bertz CT molecular complexity index is 1260. The minimum Gasteiger partial charge on any atom is -0.497 e. The largest absolute Gasteiger partial charge is 0.497 e. The van der Waals surface area contributed by atoms with Crippen LogP contribution in [-0.2, 0) is 6.54 Å². The SMILES string of the molecule is COc1ccc(-c2csc3ncnc(N(C)C4CC5CCC(C4)N5Cc4ccccc4)c23)cc1. The molecule has 2 saturated heterocycles. The Hall–Kier alpha value is -2.96. The van der Waals surface area contributed by atoms with E-state index in [1.54, 1.807) is 24.8 Å². The van der Waals surface area contributed by atoms with E-state index in [4.69, 9.17) is 9.72 Å². The summed E-state index contributed by atoms with van der Waals surface area (Å²) >= 11 is 1.69. The number of hydrogen-bond acceptors (Lipinski definition) is 6. The third-order valence-electron chi connectivity index (χ3n) is 7.70. The molecule has 2 fully saturated rings. The second kappa shape index (κ2) is 9.01. The van der Waals surface area contributed by atoms with Gasteiger partial charge in [-0.15, -0.1) is 11.3 Å². The van der Waals surface area contributed by atoms with Crippen LogP contribution >= 0.6 is 11.3 Å². The quantitative estimate of drug-likeness (QED) is 0.346. The Kier molecular flexibility index (Phi) is 5.71. The van der Waals surface area contributed by atoms with E-state index in [1.807, 2.05) is 12.1 Å². The maximum Gasteiger partial charge on any atom is 0.141 e. The molecule has 0 N–H and O–H groups in total. The number of fused-ring (bicyclic) bond motifs is 3. The minimum absolute atomic E-state index is 0.492. The molecule has 2 aromatic heterocycles. The highest BCUT2D eigenvalue weighted by molar-refractivity contribution is 7.17. The van der Waals surface area contributed by atoms with Crippen LogP contribution in [0.3, 0.4) is 0 Å². The van der Waals surface area contributed by atoms with E-state index in [2.05, 4.69) is 69.7 Å². The zero-order valence-corrected chi connectivity index (χ0v) is 20.5. The van der Waals surface area contributed by atoms with Crippen molar-refractivity contribution < 1.29 is 4.74 Å². The molecule has 0 spiro atoms. The summed E-state index contributed by atoms with van der Waals surface area (Å²) in [5.74, 6) is 1.92. The van der Waals surface area contributed by atoms with Crippen molar-refractivity contribution in [1.82, 2.24) is 14.9 Å². The van der Waals surface area contributed by atoms with Crippen molar-refractivity contribution in [3.63, 3.8) is 0 Å². The van der Waals surface area contributed by atoms with Gasteiger partial charge in [0.2, 0.25) is 0 Å². The fourth-order valence-electron chi connectivity index (χ4n) is 5.90. The summed E-state index contributed by atoms with van der Waals surface area (Å²) in [4.78, 5) is 15.7. The van der Waals surface area contributed by atoms with Crippen molar-refractivity contribution in [3.05, 3.63) is 71.9 Å². The van der Waals surface area contributed by atoms with Gasteiger partial charge < -0.3 is 9.64 Å². The number of rotatable bonds is 6. The molecule has 2 atom stereocenters. The van der Waals surface area contributed by atoms with E-state index in [-0.39, 0.29) is 0 Å². The van der Waals surface area contributed by atoms with Crippen molar-refractivity contribution >= 4 is 27.4 Å². The lowest BCUT2D eigenvalue weighted by atomic mass is 9.95. The molecule has 0 saturated carbocycles. The highest BCUT2D eigenvalue weighted by atomic mass is 32.1. The van der Waals surface area contributed by atoms with E-state index in [9.17, 15) is 0 Å². The Morgan fingerprint density at radius 3 is 2.44 bits per heavy atom. The van der Waals surface area contributed by atoms with Gasteiger partial charge in [0.05, 0.1) is 12.5 Å². The summed E-state index contributed by atoms with van der Waals surface area (Å²) < 4.78 is 5.35. The number of piperidine rings is 1.